The Labute approximate surface area is 123 Å². The lowest BCUT2D eigenvalue weighted by molar-refractivity contribution is -0.111. The number of aldehydes is 1. The van der Waals surface area contributed by atoms with E-state index in [9.17, 15) is 9.59 Å². The zero-order valence-electron chi connectivity index (χ0n) is 12.8. The van der Waals surface area contributed by atoms with Crippen molar-refractivity contribution in [1.29, 1.82) is 0 Å². The molecule has 0 aliphatic carbocycles. The monoisotopic (exact) mass is 286 g/mol. The molecule has 0 aromatic rings. The van der Waals surface area contributed by atoms with Gasteiger partial charge in [-0.3, -0.25) is 4.79 Å². The maximum Gasteiger partial charge on any atom is 0.186 e. The lowest BCUT2D eigenvalue weighted by Gasteiger charge is -2.21. The average Bonchev–Trinajstić information content (AvgIpc) is 2.38. The Morgan fingerprint density at radius 2 is 1.58 bits per heavy atom. The molecule has 2 atom stereocenters. The Morgan fingerprint density at radius 3 is 2.11 bits per heavy atom. The first-order chi connectivity index (χ1) is 9.15. The van der Waals surface area contributed by atoms with E-state index in [0.29, 0.717) is 0 Å². The second-order valence-corrected chi connectivity index (χ2v) is 6.71. The highest BCUT2D eigenvalue weighted by atomic mass is 32.2. The Balaban J connectivity index is 4.24. The van der Waals surface area contributed by atoms with Crippen LogP contribution < -0.4 is 0 Å². The highest BCUT2D eigenvalue weighted by Crippen LogP contribution is 2.28. The van der Waals surface area contributed by atoms with E-state index in [2.05, 4.69) is 13.8 Å². The number of carbonyl (C=O) groups excluding carboxylic acids is 2. The molecule has 112 valence electrons. The van der Waals surface area contributed by atoms with Gasteiger partial charge in [0.1, 0.15) is 6.29 Å². The van der Waals surface area contributed by atoms with Gasteiger partial charge >= 0.3 is 0 Å². The molecule has 0 spiro atoms. The summed E-state index contributed by atoms with van der Waals surface area (Å²) in [5, 5.41) is 0.339. The van der Waals surface area contributed by atoms with Crippen LogP contribution >= 0.6 is 11.8 Å². The number of unbranched alkanes of at least 4 members (excludes halogenated alkanes) is 5. The second kappa shape index (κ2) is 12.7. The van der Waals surface area contributed by atoms with Gasteiger partial charge in [0.2, 0.25) is 0 Å². The summed E-state index contributed by atoms with van der Waals surface area (Å²) in [5.41, 5.74) is 0. The van der Waals surface area contributed by atoms with E-state index in [1.54, 1.807) is 6.92 Å². The van der Waals surface area contributed by atoms with Crippen molar-refractivity contribution in [3.8, 4) is 0 Å². The Morgan fingerprint density at radius 1 is 1.00 bits per heavy atom. The standard InChI is InChI=1S/C16H30O2S/c1-4-6-8-10-12-16(19-14(3)18)15(13-17)11-9-7-5-2/h13,15-16H,4-12H2,1-3H3. The van der Waals surface area contributed by atoms with Gasteiger partial charge in [-0.15, -0.1) is 0 Å². The first-order valence-corrected chi connectivity index (χ1v) is 8.66. The summed E-state index contributed by atoms with van der Waals surface area (Å²) >= 11 is 1.38. The number of rotatable bonds is 12. The fraction of sp³-hybridized carbons (Fsp3) is 0.875. The highest BCUT2D eigenvalue weighted by molar-refractivity contribution is 8.14. The minimum absolute atomic E-state index is 0.0575. The molecule has 0 aromatic carbocycles. The van der Waals surface area contributed by atoms with Crippen LogP contribution in [0.4, 0.5) is 0 Å². The molecule has 0 rings (SSSR count). The van der Waals surface area contributed by atoms with Crippen molar-refractivity contribution in [2.24, 2.45) is 5.92 Å². The van der Waals surface area contributed by atoms with E-state index in [4.69, 9.17) is 0 Å². The number of hydrogen-bond acceptors (Lipinski definition) is 3. The third-order valence-corrected chi connectivity index (χ3v) is 4.67. The van der Waals surface area contributed by atoms with Crippen molar-refractivity contribution in [3.63, 3.8) is 0 Å². The van der Waals surface area contributed by atoms with Crippen LogP contribution in [0, 0.1) is 5.92 Å². The molecule has 3 heteroatoms. The largest absolute Gasteiger partial charge is 0.303 e. The van der Waals surface area contributed by atoms with Gasteiger partial charge in [0.15, 0.2) is 5.12 Å². The number of thioether (sulfide) groups is 1. The first kappa shape index (κ1) is 18.7. The summed E-state index contributed by atoms with van der Waals surface area (Å²) in [6, 6.07) is 0. The molecule has 2 nitrogen and oxygen atoms in total. The Bertz CT molecular complexity index is 241. The van der Waals surface area contributed by atoms with Crippen molar-refractivity contribution in [2.75, 3.05) is 0 Å². The van der Waals surface area contributed by atoms with Crippen LogP contribution in [0.5, 0.6) is 0 Å². The molecule has 0 N–H and O–H groups in total. The summed E-state index contributed by atoms with van der Waals surface area (Å²) < 4.78 is 0. The molecule has 0 saturated carbocycles. The quantitative estimate of drug-likeness (QED) is 0.374. The zero-order valence-corrected chi connectivity index (χ0v) is 13.6. The zero-order chi connectivity index (χ0) is 14.5. The first-order valence-electron chi connectivity index (χ1n) is 7.78. The Hall–Kier alpha value is -0.310. The summed E-state index contributed by atoms with van der Waals surface area (Å²) in [6.07, 6.45) is 11.3. The van der Waals surface area contributed by atoms with Crippen molar-refractivity contribution in [3.05, 3.63) is 0 Å². The molecule has 0 fully saturated rings. The van der Waals surface area contributed by atoms with Crippen molar-refractivity contribution >= 4 is 23.2 Å². The van der Waals surface area contributed by atoms with Gasteiger partial charge in [-0.25, -0.2) is 0 Å². The van der Waals surface area contributed by atoms with E-state index >= 15 is 0 Å². The summed E-state index contributed by atoms with van der Waals surface area (Å²) in [4.78, 5) is 22.6. The SMILES string of the molecule is CCCCCCC(SC(C)=O)C(C=O)CCCCC. The van der Waals surface area contributed by atoms with E-state index in [1.165, 1.54) is 43.9 Å². The lowest BCUT2D eigenvalue weighted by atomic mass is 9.95. The fourth-order valence-electron chi connectivity index (χ4n) is 2.32. The van der Waals surface area contributed by atoms with Gasteiger partial charge in [-0.1, -0.05) is 70.6 Å². The Kier molecular flexibility index (Phi) is 12.5. The third kappa shape index (κ3) is 10.2. The van der Waals surface area contributed by atoms with Gasteiger partial charge in [-0.05, 0) is 12.8 Å². The minimum Gasteiger partial charge on any atom is -0.303 e. The van der Waals surface area contributed by atoms with E-state index in [0.717, 1.165) is 32.0 Å². The van der Waals surface area contributed by atoms with Crippen LogP contribution in [0.25, 0.3) is 0 Å². The van der Waals surface area contributed by atoms with Crippen LogP contribution in [0.2, 0.25) is 0 Å². The van der Waals surface area contributed by atoms with Crippen LogP contribution in [0.15, 0.2) is 0 Å². The summed E-state index contributed by atoms with van der Waals surface area (Å²) in [6.45, 7) is 5.97. The molecule has 0 amide bonds. The summed E-state index contributed by atoms with van der Waals surface area (Å²) in [5.74, 6) is 0.0575. The van der Waals surface area contributed by atoms with Gasteiger partial charge in [0, 0.05) is 18.1 Å². The van der Waals surface area contributed by atoms with Gasteiger partial charge in [-0.2, -0.15) is 0 Å². The fourth-order valence-corrected chi connectivity index (χ4v) is 3.40. The maximum absolute atomic E-state index is 11.3. The average molecular weight is 286 g/mol. The molecule has 0 aliphatic rings. The molecule has 0 radical (unpaired) electrons. The topological polar surface area (TPSA) is 34.1 Å². The van der Waals surface area contributed by atoms with Gasteiger partial charge in [0.05, 0.1) is 0 Å². The third-order valence-electron chi connectivity index (χ3n) is 3.45. The number of hydrogen-bond donors (Lipinski definition) is 0. The van der Waals surface area contributed by atoms with Gasteiger partial charge < -0.3 is 4.79 Å². The predicted molar refractivity (Wildman–Crippen MR) is 84.5 cm³/mol. The second-order valence-electron chi connectivity index (χ2n) is 5.29. The lowest BCUT2D eigenvalue weighted by Crippen LogP contribution is -2.20. The highest BCUT2D eigenvalue weighted by Gasteiger charge is 2.22. The molecular formula is C16H30O2S. The normalized spacial score (nSPS) is 14.1. The molecule has 0 aliphatic heterocycles. The molecule has 2 unspecified atom stereocenters. The maximum atomic E-state index is 11.3. The van der Waals surface area contributed by atoms with Crippen molar-refractivity contribution < 1.29 is 9.59 Å². The predicted octanol–water partition coefficient (Wildman–Crippen LogP) is 5.00. The van der Waals surface area contributed by atoms with E-state index in [1.807, 2.05) is 0 Å². The van der Waals surface area contributed by atoms with Gasteiger partial charge in [0.25, 0.3) is 0 Å². The molecule has 0 bridgehead atoms. The molecule has 0 saturated heterocycles. The van der Waals surface area contributed by atoms with E-state index < -0.39 is 0 Å². The van der Waals surface area contributed by atoms with Crippen LogP contribution in [0.1, 0.15) is 78.6 Å². The van der Waals surface area contributed by atoms with E-state index in [-0.39, 0.29) is 16.3 Å². The molecule has 0 aromatic heterocycles. The summed E-state index contributed by atoms with van der Waals surface area (Å²) in [7, 11) is 0. The van der Waals surface area contributed by atoms with Crippen LogP contribution in [-0.2, 0) is 9.59 Å². The molecule has 0 heterocycles. The van der Waals surface area contributed by atoms with Crippen molar-refractivity contribution in [2.45, 2.75) is 83.8 Å². The smallest absolute Gasteiger partial charge is 0.186 e. The van der Waals surface area contributed by atoms with Crippen LogP contribution in [-0.4, -0.2) is 16.7 Å². The minimum atomic E-state index is 0.0575. The molecular weight excluding hydrogens is 256 g/mol. The number of carbonyl (C=O) groups is 2. The molecule has 19 heavy (non-hydrogen) atoms. The van der Waals surface area contributed by atoms with Crippen LogP contribution in [0.3, 0.4) is 0 Å². The van der Waals surface area contributed by atoms with Crippen molar-refractivity contribution in [1.82, 2.24) is 0 Å².